The predicted octanol–water partition coefficient (Wildman–Crippen LogP) is 1.91. The third kappa shape index (κ3) is 2.72. The normalized spacial score (nSPS) is 25.7. The Morgan fingerprint density at radius 3 is 3.00 bits per heavy atom. The lowest BCUT2D eigenvalue weighted by Crippen LogP contribution is -2.34. The van der Waals surface area contributed by atoms with Crippen LogP contribution in [-0.2, 0) is 9.53 Å². The van der Waals surface area contributed by atoms with Gasteiger partial charge in [-0.1, -0.05) is 12.1 Å². The van der Waals surface area contributed by atoms with Gasteiger partial charge in [-0.05, 0) is 31.4 Å². The molecule has 1 N–H and O–H groups in total. The first kappa shape index (κ1) is 13.2. The number of carbonyl (C=O) groups is 1. The highest BCUT2D eigenvalue weighted by atomic mass is 16.5. The first-order valence-corrected chi connectivity index (χ1v) is 7.09. The fraction of sp³-hybridized carbons (Fsp3) is 0.533. The second-order valence-electron chi connectivity index (χ2n) is 5.28. The Labute approximate surface area is 118 Å². The molecule has 3 rings (SSSR count). The molecule has 1 aromatic rings. The van der Waals surface area contributed by atoms with Gasteiger partial charge in [0, 0.05) is 13.1 Å². The van der Waals surface area contributed by atoms with Gasteiger partial charge >= 0.3 is 5.97 Å². The maximum atomic E-state index is 10.9. The zero-order chi connectivity index (χ0) is 13.9. The van der Waals surface area contributed by atoms with Crippen molar-refractivity contribution < 1.29 is 19.4 Å². The number of rotatable bonds is 3. The largest absolute Gasteiger partial charge is 0.491 e. The second-order valence-corrected chi connectivity index (χ2v) is 5.28. The Balaban J connectivity index is 1.70. The SMILES string of the molecule is O=C(O)C1CCC(CN2CCCOc3ccccc32)O1. The average molecular weight is 277 g/mol. The summed E-state index contributed by atoms with van der Waals surface area (Å²) in [5.41, 5.74) is 1.08. The van der Waals surface area contributed by atoms with Crippen LogP contribution in [0.3, 0.4) is 0 Å². The molecule has 0 spiro atoms. The summed E-state index contributed by atoms with van der Waals surface area (Å²) >= 11 is 0. The number of anilines is 1. The summed E-state index contributed by atoms with van der Waals surface area (Å²) in [7, 11) is 0. The smallest absolute Gasteiger partial charge is 0.332 e. The molecular formula is C15H19NO4. The summed E-state index contributed by atoms with van der Waals surface area (Å²) in [5, 5.41) is 8.98. The molecule has 5 nitrogen and oxygen atoms in total. The Morgan fingerprint density at radius 1 is 1.35 bits per heavy atom. The summed E-state index contributed by atoms with van der Waals surface area (Å²) in [5.74, 6) is 0.0462. The fourth-order valence-corrected chi connectivity index (χ4v) is 2.86. The molecule has 108 valence electrons. The van der Waals surface area contributed by atoms with Gasteiger partial charge in [-0.3, -0.25) is 0 Å². The molecule has 1 aromatic carbocycles. The number of carboxylic acids is 1. The summed E-state index contributed by atoms with van der Waals surface area (Å²) < 4.78 is 11.3. The Bertz CT molecular complexity index is 491. The van der Waals surface area contributed by atoms with E-state index < -0.39 is 12.1 Å². The molecule has 0 radical (unpaired) electrons. The minimum absolute atomic E-state index is 0.0118. The third-order valence-electron chi connectivity index (χ3n) is 3.84. The Morgan fingerprint density at radius 2 is 2.20 bits per heavy atom. The molecule has 0 saturated carbocycles. The van der Waals surface area contributed by atoms with Crippen molar-refractivity contribution in [2.75, 3.05) is 24.6 Å². The number of fused-ring (bicyclic) bond motifs is 1. The van der Waals surface area contributed by atoms with Crippen molar-refractivity contribution in [2.24, 2.45) is 0 Å². The van der Waals surface area contributed by atoms with Gasteiger partial charge in [0.05, 0.1) is 18.4 Å². The lowest BCUT2D eigenvalue weighted by atomic mass is 10.1. The predicted molar refractivity (Wildman–Crippen MR) is 74.3 cm³/mol. The van der Waals surface area contributed by atoms with E-state index in [-0.39, 0.29) is 6.10 Å². The molecular weight excluding hydrogens is 258 g/mol. The number of carboxylic acid groups (broad SMARTS) is 1. The van der Waals surface area contributed by atoms with E-state index in [2.05, 4.69) is 4.90 Å². The first-order chi connectivity index (χ1) is 9.74. The van der Waals surface area contributed by atoms with Crippen LogP contribution >= 0.6 is 0 Å². The van der Waals surface area contributed by atoms with Crippen molar-refractivity contribution in [3.05, 3.63) is 24.3 Å². The quantitative estimate of drug-likeness (QED) is 0.914. The van der Waals surface area contributed by atoms with Gasteiger partial charge in [-0.15, -0.1) is 0 Å². The standard InChI is InChI=1S/C15H19NO4/c17-15(18)14-7-6-11(20-14)10-16-8-3-9-19-13-5-2-1-4-12(13)16/h1-2,4-5,11,14H,3,6-10H2,(H,17,18). The van der Waals surface area contributed by atoms with Crippen LogP contribution in [0.2, 0.25) is 0 Å². The Hall–Kier alpha value is -1.75. The van der Waals surface area contributed by atoms with Crippen molar-refractivity contribution >= 4 is 11.7 Å². The first-order valence-electron chi connectivity index (χ1n) is 7.09. The molecule has 2 atom stereocenters. The molecule has 0 aliphatic carbocycles. The minimum atomic E-state index is -0.855. The molecule has 0 aromatic heterocycles. The van der Waals surface area contributed by atoms with Crippen LogP contribution in [0.15, 0.2) is 24.3 Å². The van der Waals surface area contributed by atoms with Crippen molar-refractivity contribution in [3.63, 3.8) is 0 Å². The van der Waals surface area contributed by atoms with E-state index in [9.17, 15) is 4.79 Å². The highest BCUT2D eigenvalue weighted by Gasteiger charge is 2.32. The molecule has 0 bridgehead atoms. The second kappa shape index (κ2) is 5.71. The minimum Gasteiger partial charge on any atom is -0.491 e. The lowest BCUT2D eigenvalue weighted by molar-refractivity contribution is -0.149. The van der Waals surface area contributed by atoms with E-state index in [1.165, 1.54) is 0 Å². The number of aliphatic carboxylic acids is 1. The molecule has 2 aliphatic rings. The molecule has 20 heavy (non-hydrogen) atoms. The van der Waals surface area contributed by atoms with Gasteiger partial charge in [0.2, 0.25) is 0 Å². The van der Waals surface area contributed by atoms with E-state index in [0.717, 1.165) is 44.0 Å². The van der Waals surface area contributed by atoms with Gasteiger partial charge in [-0.25, -0.2) is 4.79 Å². The molecule has 1 fully saturated rings. The van der Waals surface area contributed by atoms with Crippen molar-refractivity contribution in [1.29, 1.82) is 0 Å². The van der Waals surface area contributed by atoms with E-state index in [0.29, 0.717) is 6.42 Å². The number of ether oxygens (including phenoxy) is 2. The van der Waals surface area contributed by atoms with Crippen LogP contribution in [0.4, 0.5) is 5.69 Å². The van der Waals surface area contributed by atoms with E-state index in [4.69, 9.17) is 14.6 Å². The van der Waals surface area contributed by atoms with Crippen molar-refractivity contribution in [2.45, 2.75) is 31.5 Å². The maximum Gasteiger partial charge on any atom is 0.332 e. The van der Waals surface area contributed by atoms with E-state index in [1.807, 2.05) is 24.3 Å². The molecule has 2 aliphatic heterocycles. The van der Waals surface area contributed by atoms with Crippen LogP contribution in [-0.4, -0.2) is 43.0 Å². The summed E-state index contributed by atoms with van der Waals surface area (Å²) in [4.78, 5) is 13.2. The number of hydrogen-bond acceptors (Lipinski definition) is 4. The molecule has 1 saturated heterocycles. The summed E-state index contributed by atoms with van der Waals surface area (Å²) in [6.45, 7) is 2.36. The van der Waals surface area contributed by atoms with Gasteiger partial charge in [0.15, 0.2) is 6.10 Å². The highest BCUT2D eigenvalue weighted by molar-refractivity contribution is 5.72. The third-order valence-corrected chi connectivity index (χ3v) is 3.84. The van der Waals surface area contributed by atoms with Crippen LogP contribution in [0.5, 0.6) is 5.75 Å². The monoisotopic (exact) mass is 277 g/mol. The highest BCUT2D eigenvalue weighted by Crippen LogP contribution is 2.32. The summed E-state index contributed by atoms with van der Waals surface area (Å²) in [6.07, 6.45) is 1.72. The molecule has 2 heterocycles. The zero-order valence-corrected chi connectivity index (χ0v) is 11.3. The molecule has 2 unspecified atom stereocenters. The van der Waals surface area contributed by atoms with Crippen LogP contribution < -0.4 is 9.64 Å². The molecule has 5 heteroatoms. The zero-order valence-electron chi connectivity index (χ0n) is 11.3. The summed E-state index contributed by atoms with van der Waals surface area (Å²) in [6, 6.07) is 7.98. The number of para-hydroxylation sites is 2. The van der Waals surface area contributed by atoms with Crippen LogP contribution in [0.1, 0.15) is 19.3 Å². The number of nitrogens with zero attached hydrogens (tertiary/aromatic N) is 1. The Kier molecular flexibility index (Phi) is 3.78. The van der Waals surface area contributed by atoms with Gasteiger partial charge < -0.3 is 19.5 Å². The van der Waals surface area contributed by atoms with Crippen LogP contribution in [0.25, 0.3) is 0 Å². The number of hydrogen-bond donors (Lipinski definition) is 1. The number of benzene rings is 1. The van der Waals surface area contributed by atoms with Crippen molar-refractivity contribution in [1.82, 2.24) is 0 Å². The maximum absolute atomic E-state index is 10.9. The van der Waals surface area contributed by atoms with E-state index >= 15 is 0 Å². The topological polar surface area (TPSA) is 59.0 Å². The van der Waals surface area contributed by atoms with Crippen LogP contribution in [0, 0.1) is 0 Å². The van der Waals surface area contributed by atoms with Crippen molar-refractivity contribution in [3.8, 4) is 5.75 Å². The lowest BCUT2D eigenvalue weighted by Gasteiger charge is -2.26. The molecule has 0 amide bonds. The van der Waals surface area contributed by atoms with Gasteiger partial charge in [0.1, 0.15) is 5.75 Å². The fourth-order valence-electron chi connectivity index (χ4n) is 2.86. The average Bonchev–Trinajstić information content (AvgIpc) is 2.82. The van der Waals surface area contributed by atoms with Gasteiger partial charge in [-0.2, -0.15) is 0 Å². The van der Waals surface area contributed by atoms with E-state index in [1.54, 1.807) is 0 Å². The van der Waals surface area contributed by atoms with Gasteiger partial charge in [0.25, 0.3) is 0 Å².